The van der Waals surface area contributed by atoms with E-state index < -0.39 is 17.4 Å². The molecule has 1 atom stereocenters. The van der Waals surface area contributed by atoms with Gasteiger partial charge in [-0.3, -0.25) is 14.3 Å². The van der Waals surface area contributed by atoms with Crippen LogP contribution in [0.2, 0.25) is 0 Å². The lowest BCUT2D eigenvalue weighted by atomic mass is 10.1. The number of H-pyrrole nitrogens is 1. The predicted octanol–water partition coefficient (Wildman–Crippen LogP) is 1.84. The van der Waals surface area contributed by atoms with Crippen LogP contribution in [0.3, 0.4) is 0 Å². The quantitative estimate of drug-likeness (QED) is 0.928. The van der Waals surface area contributed by atoms with E-state index >= 15 is 0 Å². The van der Waals surface area contributed by atoms with Crippen LogP contribution in [0.5, 0.6) is 5.88 Å². The number of aromatic amines is 1. The van der Waals surface area contributed by atoms with E-state index in [4.69, 9.17) is 4.74 Å². The van der Waals surface area contributed by atoms with Crippen LogP contribution in [0.4, 0.5) is 4.39 Å². The average Bonchev–Trinajstić information content (AvgIpc) is 2.38. The van der Waals surface area contributed by atoms with E-state index in [1.54, 1.807) is 26.0 Å². The van der Waals surface area contributed by atoms with Crippen molar-refractivity contribution in [1.82, 2.24) is 9.55 Å². The zero-order chi connectivity index (χ0) is 14.7. The number of benzene rings is 1. The monoisotopic (exact) mass is 278 g/mol. The summed E-state index contributed by atoms with van der Waals surface area (Å²) >= 11 is 0. The molecule has 0 amide bonds. The summed E-state index contributed by atoms with van der Waals surface area (Å²) < 4.78 is 19.7. The molecule has 2 rings (SSSR count). The molecule has 0 spiro atoms. The Morgan fingerprint density at radius 2 is 2.10 bits per heavy atom. The summed E-state index contributed by atoms with van der Waals surface area (Å²) in [4.78, 5) is 25.8. The molecule has 1 heterocycles. The van der Waals surface area contributed by atoms with E-state index in [1.807, 2.05) is 0 Å². The van der Waals surface area contributed by atoms with Gasteiger partial charge in [-0.05, 0) is 31.5 Å². The Bertz CT molecular complexity index is 690. The second kappa shape index (κ2) is 5.73. The molecule has 0 aliphatic carbocycles. The minimum absolute atomic E-state index is 0.0708. The van der Waals surface area contributed by atoms with Crippen molar-refractivity contribution in [3.8, 4) is 5.88 Å². The molecule has 0 aliphatic heterocycles. The van der Waals surface area contributed by atoms with Crippen LogP contribution in [0.1, 0.15) is 25.5 Å². The molecule has 1 N–H and O–H groups in total. The van der Waals surface area contributed by atoms with Gasteiger partial charge in [-0.2, -0.15) is 0 Å². The first-order valence-electron chi connectivity index (χ1n) is 6.27. The van der Waals surface area contributed by atoms with Gasteiger partial charge in [0.1, 0.15) is 11.9 Å². The Balaban J connectivity index is 2.26. The first-order valence-corrected chi connectivity index (χ1v) is 6.27. The van der Waals surface area contributed by atoms with Crippen LogP contribution < -0.4 is 16.0 Å². The summed E-state index contributed by atoms with van der Waals surface area (Å²) in [5.74, 6) is -0.297. The number of halogens is 1. The highest BCUT2D eigenvalue weighted by Gasteiger charge is 2.10. The number of rotatable bonds is 4. The molecule has 5 nitrogen and oxygen atoms in total. The third-order valence-corrected chi connectivity index (χ3v) is 2.93. The van der Waals surface area contributed by atoms with E-state index in [2.05, 4.69) is 4.98 Å². The molecule has 6 heteroatoms. The van der Waals surface area contributed by atoms with Gasteiger partial charge in [-0.1, -0.05) is 12.1 Å². The lowest BCUT2D eigenvalue weighted by Crippen LogP contribution is -2.34. The molecule has 0 saturated carbocycles. The maximum Gasteiger partial charge on any atom is 0.331 e. The molecule has 1 aromatic carbocycles. The van der Waals surface area contributed by atoms with E-state index in [1.165, 1.54) is 18.2 Å². The molecule has 0 saturated heterocycles. The lowest BCUT2D eigenvalue weighted by molar-refractivity contribution is 0.214. The van der Waals surface area contributed by atoms with E-state index in [9.17, 15) is 14.0 Å². The van der Waals surface area contributed by atoms with Crippen molar-refractivity contribution >= 4 is 0 Å². The average molecular weight is 278 g/mol. The van der Waals surface area contributed by atoms with Gasteiger partial charge in [-0.25, -0.2) is 9.18 Å². The van der Waals surface area contributed by atoms with Gasteiger partial charge in [0, 0.05) is 6.54 Å². The molecule has 106 valence electrons. The molecular formula is C14H15FN2O3. The summed E-state index contributed by atoms with van der Waals surface area (Å²) in [5.41, 5.74) is -0.343. The summed E-state index contributed by atoms with van der Waals surface area (Å²) in [6.07, 6.45) is -0.488. The van der Waals surface area contributed by atoms with Crippen molar-refractivity contribution < 1.29 is 9.13 Å². The number of aromatic nitrogens is 2. The van der Waals surface area contributed by atoms with Crippen LogP contribution >= 0.6 is 0 Å². The van der Waals surface area contributed by atoms with Crippen LogP contribution in [0, 0.1) is 5.82 Å². The second-order valence-electron chi connectivity index (χ2n) is 4.34. The third-order valence-electron chi connectivity index (χ3n) is 2.93. The zero-order valence-electron chi connectivity index (χ0n) is 11.2. The predicted molar refractivity (Wildman–Crippen MR) is 72.4 cm³/mol. The van der Waals surface area contributed by atoms with Gasteiger partial charge in [0.15, 0.2) is 0 Å². The van der Waals surface area contributed by atoms with Crippen molar-refractivity contribution in [2.45, 2.75) is 26.5 Å². The van der Waals surface area contributed by atoms with Crippen LogP contribution in [-0.4, -0.2) is 9.55 Å². The molecule has 1 aromatic heterocycles. The van der Waals surface area contributed by atoms with Crippen molar-refractivity contribution in [1.29, 1.82) is 0 Å². The fourth-order valence-electron chi connectivity index (χ4n) is 1.88. The SMILES string of the molecule is CCn1c(=O)cc(O[C@@H](C)c2cccc(F)c2)[nH]c1=O. The highest BCUT2D eigenvalue weighted by molar-refractivity contribution is 5.20. The van der Waals surface area contributed by atoms with Crippen molar-refractivity contribution in [3.63, 3.8) is 0 Å². The number of hydrogen-bond donors (Lipinski definition) is 1. The first kappa shape index (κ1) is 14.0. The van der Waals surface area contributed by atoms with Gasteiger partial charge in [0.05, 0.1) is 6.07 Å². The Morgan fingerprint density at radius 1 is 1.35 bits per heavy atom. The topological polar surface area (TPSA) is 64.1 Å². The number of nitrogens with one attached hydrogen (secondary N) is 1. The molecule has 0 aliphatic rings. The molecular weight excluding hydrogens is 263 g/mol. The van der Waals surface area contributed by atoms with Crippen LogP contribution in [0.25, 0.3) is 0 Å². The van der Waals surface area contributed by atoms with Gasteiger partial charge in [0.25, 0.3) is 5.56 Å². The van der Waals surface area contributed by atoms with Gasteiger partial charge < -0.3 is 4.74 Å². The van der Waals surface area contributed by atoms with Crippen molar-refractivity contribution in [2.75, 3.05) is 0 Å². The maximum absolute atomic E-state index is 13.1. The van der Waals surface area contributed by atoms with Gasteiger partial charge in [-0.15, -0.1) is 0 Å². The summed E-state index contributed by atoms with van der Waals surface area (Å²) in [5, 5.41) is 0. The molecule has 0 fully saturated rings. The van der Waals surface area contributed by atoms with E-state index in [0.29, 0.717) is 5.56 Å². The minimum Gasteiger partial charge on any atom is -0.471 e. The fourth-order valence-corrected chi connectivity index (χ4v) is 1.88. The maximum atomic E-state index is 13.1. The second-order valence-corrected chi connectivity index (χ2v) is 4.34. The standard InChI is InChI=1S/C14H15FN2O3/c1-3-17-13(18)8-12(16-14(17)19)20-9(2)10-5-4-6-11(15)7-10/h4-9H,3H2,1-2H3,(H,16,19)/t9-/m0/s1. The first-order chi connectivity index (χ1) is 9.51. The van der Waals surface area contributed by atoms with Crippen LogP contribution in [0.15, 0.2) is 39.9 Å². The normalized spacial score (nSPS) is 12.2. The number of nitrogens with zero attached hydrogens (tertiary/aromatic N) is 1. The Hall–Kier alpha value is -2.37. The number of hydrogen-bond acceptors (Lipinski definition) is 3. The highest BCUT2D eigenvalue weighted by atomic mass is 19.1. The molecule has 20 heavy (non-hydrogen) atoms. The van der Waals surface area contributed by atoms with Gasteiger partial charge in [0.2, 0.25) is 5.88 Å². The fraction of sp³-hybridized carbons (Fsp3) is 0.286. The highest BCUT2D eigenvalue weighted by Crippen LogP contribution is 2.18. The van der Waals surface area contributed by atoms with E-state index in [-0.39, 0.29) is 18.2 Å². The van der Waals surface area contributed by atoms with Crippen molar-refractivity contribution in [3.05, 3.63) is 62.6 Å². The molecule has 0 unspecified atom stereocenters. The Morgan fingerprint density at radius 3 is 2.70 bits per heavy atom. The lowest BCUT2D eigenvalue weighted by Gasteiger charge is -2.14. The van der Waals surface area contributed by atoms with Crippen molar-refractivity contribution in [2.24, 2.45) is 0 Å². The van der Waals surface area contributed by atoms with Crippen LogP contribution in [-0.2, 0) is 6.54 Å². The molecule has 0 radical (unpaired) electrons. The molecule has 2 aromatic rings. The minimum atomic E-state index is -0.526. The molecule has 0 bridgehead atoms. The van der Waals surface area contributed by atoms with E-state index in [0.717, 1.165) is 4.57 Å². The third kappa shape index (κ3) is 2.96. The number of ether oxygens (including phenoxy) is 1. The Kier molecular flexibility index (Phi) is 4.02. The zero-order valence-corrected chi connectivity index (χ0v) is 11.2. The smallest absolute Gasteiger partial charge is 0.331 e. The Labute approximate surface area is 114 Å². The largest absolute Gasteiger partial charge is 0.471 e. The van der Waals surface area contributed by atoms with Gasteiger partial charge >= 0.3 is 5.69 Å². The summed E-state index contributed by atoms with van der Waals surface area (Å²) in [7, 11) is 0. The summed E-state index contributed by atoms with van der Waals surface area (Å²) in [6.45, 7) is 3.69. The summed E-state index contributed by atoms with van der Waals surface area (Å²) in [6, 6.07) is 7.17.